The van der Waals surface area contributed by atoms with Crippen LogP contribution in [0.15, 0.2) is 5.38 Å². The zero-order chi connectivity index (χ0) is 14.6. The largest absolute Gasteiger partial charge is 0.315 e. The van der Waals surface area contributed by atoms with Crippen molar-refractivity contribution >= 4 is 11.3 Å². The Morgan fingerprint density at radius 3 is 2.85 bits per heavy atom. The van der Waals surface area contributed by atoms with Gasteiger partial charge in [0.25, 0.3) is 0 Å². The second kappa shape index (κ2) is 7.01. The molecule has 1 aromatic heterocycles. The number of likely N-dealkylation sites (tertiary alicyclic amines) is 1. The molecule has 0 saturated carbocycles. The average Bonchev–Trinajstić information content (AvgIpc) is 2.86. The topological polar surface area (TPSA) is 28.2 Å². The van der Waals surface area contributed by atoms with Gasteiger partial charge in [-0.15, -0.1) is 11.3 Å². The molecule has 1 N–H and O–H groups in total. The molecule has 2 rings (SSSR count). The summed E-state index contributed by atoms with van der Waals surface area (Å²) in [6.07, 6.45) is 4.03. The molecule has 3 nitrogen and oxygen atoms in total. The summed E-state index contributed by atoms with van der Waals surface area (Å²) in [6.45, 7) is 13.3. The van der Waals surface area contributed by atoms with Crippen LogP contribution in [0.25, 0.3) is 0 Å². The fraction of sp³-hybridized carbons (Fsp3) is 0.812. The molecule has 1 saturated heterocycles. The van der Waals surface area contributed by atoms with Crippen molar-refractivity contribution in [3.05, 3.63) is 16.1 Å². The molecule has 1 aliphatic rings. The molecule has 0 aliphatic carbocycles. The molecule has 0 bridgehead atoms. The predicted molar refractivity (Wildman–Crippen MR) is 87.4 cm³/mol. The van der Waals surface area contributed by atoms with Crippen LogP contribution >= 0.6 is 11.3 Å². The van der Waals surface area contributed by atoms with E-state index in [9.17, 15) is 0 Å². The number of aromatic nitrogens is 1. The van der Waals surface area contributed by atoms with Gasteiger partial charge < -0.3 is 5.32 Å². The summed E-state index contributed by atoms with van der Waals surface area (Å²) >= 11 is 1.82. The Morgan fingerprint density at radius 1 is 1.40 bits per heavy atom. The molecule has 1 unspecified atom stereocenters. The van der Waals surface area contributed by atoms with Gasteiger partial charge >= 0.3 is 0 Å². The number of thiazole rings is 1. The molecule has 0 amide bonds. The van der Waals surface area contributed by atoms with Gasteiger partial charge in [0, 0.05) is 23.4 Å². The first-order valence-corrected chi connectivity index (χ1v) is 8.78. The first kappa shape index (κ1) is 15.9. The predicted octanol–water partition coefficient (Wildman–Crippen LogP) is 3.40. The van der Waals surface area contributed by atoms with E-state index in [1.165, 1.54) is 36.5 Å². The molecule has 0 radical (unpaired) electrons. The second-order valence-electron chi connectivity index (χ2n) is 6.80. The standard InChI is InChI=1S/C16H29N3S/c1-5-17-10-13-8-6-7-9-19(13)11-15-18-14(12-20-15)16(2,3)4/h12-13,17H,5-11H2,1-4H3. The van der Waals surface area contributed by atoms with Crippen LogP contribution in [0, 0.1) is 0 Å². The number of hydrogen-bond acceptors (Lipinski definition) is 4. The minimum atomic E-state index is 0.166. The molecule has 1 fully saturated rings. The maximum atomic E-state index is 4.85. The zero-order valence-corrected chi connectivity index (χ0v) is 14.2. The Balaban J connectivity index is 1.97. The van der Waals surface area contributed by atoms with Crippen LogP contribution in [-0.2, 0) is 12.0 Å². The lowest BCUT2D eigenvalue weighted by Crippen LogP contribution is -2.44. The van der Waals surface area contributed by atoms with E-state index in [2.05, 4.69) is 43.3 Å². The Bertz CT molecular complexity index is 408. The van der Waals surface area contributed by atoms with Crippen molar-refractivity contribution in [1.29, 1.82) is 0 Å². The molecule has 114 valence electrons. The monoisotopic (exact) mass is 295 g/mol. The molecule has 0 aromatic carbocycles. The zero-order valence-electron chi connectivity index (χ0n) is 13.4. The minimum Gasteiger partial charge on any atom is -0.315 e. The van der Waals surface area contributed by atoms with Crippen molar-refractivity contribution in [3.8, 4) is 0 Å². The van der Waals surface area contributed by atoms with E-state index in [0.717, 1.165) is 19.6 Å². The first-order chi connectivity index (χ1) is 9.50. The molecule has 4 heteroatoms. The van der Waals surface area contributed by atoms with Crippen LogP contribution in [0.4, 0.5) is 0 Å². The van der Waals surface area contributed by atoms with Crippen LogP contribution in [0.3, 0.4) is 0 Å². The smallest absolute Gasteiger partial charge is 0.107 e. The van der Waals surface area contributed by atoms with Crippen LogP contribution in [0.1, 0.15) is 57.7 Å². The fourth-order valence-electron chi connectivity index (χ4n) is 2.71. The van der Waals surface area contributed by atoms with Crippen molar-refractivity contribution in [2.75, 3.05) is 19.6 Å². The highest BCUT2D eigenvalue weighted by molar-refractivity contribution is 7.09. The first-order valence-electron chi connectivity index (χ1n) is 7.90. The Morgan fingerprint density at radius 2 is 2.20 bits per heavy atom. The van der Waals surface area contributed by atoms with E-state index in [4.69, 9.17) is 4.98 Å². The highest BCUT2D eigenvalue weighted by Crippen LogP contribution is 2.26. The van der Waals surface area contributed by atoms with Crippen molar-refractivity contribution in [2.45, 2.75) is 65.0 Å². The maximum Gasteiger partial charge on any atom is 0.107 e. The van der Waals surface area contributed by atoms with Crippen molar-refractivity contribution in [1.82, 2.24) is 15.2 Å². The van der Waals surface area contributed by atoms with Gasteiger partial charge in [0.1, 0.15) is 5.01 Å². The summed E-state index contributed by atoms with van der Waals surface area (Å²) in [5, 5.41) is 7.02. The van der Waals surface area contributed by atoms with Gasteiger partial charge in [-0.3, -0.25) is 4.90 Å². The van der Waals surface area contributed by atoms with Crippen molar-refractivity contribution in [2.24, 2.45) is 0 Å². The summed E-state index contributed by atoms with van der Waals surface area (Å²) < 4.78 is 0. The lowest BCUT2D eigenvalue weighted by Gasteiger charge is -2.35. The van der Waals surface area contributed by atoms with Gasteiger partial charge in [0.2, 0.25) is 0 Å². The van der Waals surface area contributed by atoms with E-state index in [1.807, 2.05) is 11.3 Å². The summed E-state index contributed by atoms with van der Waals surface area (Å²) in [5.41, 5.74) is 1.40. The molecule has 1 aromatic rings. The number of rotatable bonds is 5. The van der Waals surface area contributed by atoms with E-state index in [1.54, 1.807) is 0 Å². The fourth-order valence-corrected chi connectivity index (χ4v) is 3.76. The van der Waals surface area contributed by atoms with Gasteiger partial charge in [-0.1, -0.05) is 34.1 Å². The van der Waals surface area contributed by atoms with Crippen LogP contribution in [0.2, 0.25) is 0 Å². The van der Waals surface area contributed by atoms with Crippen LogP contribution < -0.4 is 5.32 Å². The third-order valence-electron chi connectivity index (χ3n) is 4.04. The Labute approximate surface area is 127 Å². The average molecular weight is 295 g/mol. The van der Waals surface area contributed by atoms with Gasteiger partial charge in [-0.25, -0.2) is 4.98 Å². The molecular weight excluding hydrogens is 266 g/mol. The third kappa shape index (κ3) is 4.27. The minimum absolute atomic E-state index is 0.166. The van der Waals surface area contributed by atoms with E-state index >= 15 is 0 Å². The third-order valence-corrected chi connectivity index (χ3v) is 4.87. The molecule has 20 heavy (non-hydrogen) atoms. The van der Waals surface area contributed by atoms with Crippen molar-refractivity contribution in [3.63, 3.8) is 0 Å². The molecule has 2 heterocycles. The SMILES string of the molecule is CCNCC1CCCCN1Cc1nc(C(C)(C)C)cs1. The molecule has 1 aliphatic heterocycles. The lowest BCUT2D eigenvalue weighted by molar-refractivity contribution is 0.138. The lowest BCUT2D eigenvalue weighted by atomic mass is 9.93. The number of nitrogens with one attached hydrogen (secondary N) is 1. The normalized spacial score (nSPS) is 21.3. The summed E-state index contributed by atoms with van der Waals surface area (Å²) in [6, 6.07) is 0.686. The summed E-state index contributed by atoms with van der Waals surface area (Å²) in [7, 11) is 0. The summed E-state index contributed by atoms with van der Waals surface area (Å²) in [5.74, 6) is 0. The Hall–Kier alpha value is -0.450. The molecule has 0 spiro atoms. The highest BCUT2D eigenvalue weighted by atomic mass is 32.1. The number of piperidine rings is 1. The number of hydrogen-bond donors (Lipinski definition) is 1. The molecular formula is C16H29N3S. The second-order valence-corrected chi connectivity index (χ2v) is 7.75. The summed E-state index contributed by atoms with van der Waals surface area (Å²) in [4.78, 5) is 7.47. The van der Waals surface area contributed by atoms with Crippen LogP contribution in [-0.4, -0.2) is 35.6 Å². The highest BCUT2D eigenvalue weighted by Gasteiger charge is 2.24. The quantitative estimate of drug-likeness (QED) is 0.902. The number of nitrogens with zero attached hydrogens (tertiary/aromatic N) is 2. The van der Waals surface area contributed by atoms with Crippen molar-refractivity contribution < 1.29 is 0 Å². The Kier molecular flexibility index (Phi) is 5.58. The maximum absolute atomic E-state index is 4.85. The number of likely N-dealkylation sites (N-methyl/N-ethyl adjacent to an activating group) is 1. The van der Waals surface area contributed by atoms with Gasteiger partial charge in [-0.05, 0) is 25.9 Å². The van der Waals surface area contributed by atoms with Crippen LogP contribution in [0.5, 0.6) is 0 Å². The van der Waals surface area contributed by atoms with E-state index in [0.29, 0.717) is 6.04 Å². The van der Waals surface area contributed by atoms with E-state index in [-0.39, 0.29) is 5.41 Å². The van der Waals surface area contributed by atoms with Gasteiger partial charge in [0.15, 0.2) is 0 Å². The van der Waals surface area contributed by atoms with Gasteiger partial charge in [0.05, 0.1) is 12.2 Å². The van der Waals surface area contributed by atoms with Gasteiger partial charge in [-0.2, -0.15) is 0 Å². The van der Waals surface area contributed by atoms with E-state index < -0.39 is 0 Å². The molecule has 1 atom stereocenters.